The zero-order chi connectivity index (χ0) is 10.7. The maximum absolute atomic E-state index is 6.01. The smallest absolute Gasteiger partial charge is 0.0656 e. The molecular weight excluding hydrogens is 188 g/mol. The summed E-state index contributed by atoms with van der Waals surface area (Å²) < 4.78 is 5.05. The first-order valence-electron chi connectivity index (χ1n) is 4.90. The summed E-state index contributed by atoms with van der Waals surface area (Å²) in [6.45, 7) is 0.510. The van der Waals surface area contributed by atoms with Crippen molar-refractivity contribution in [3.8, 4) is 0 Å². The van der Waals surface area contributed by atoms with Crippen LogP contribution in [-0.4, -0.2) is 18.7 Å². The summed E-state index contributed by atoms with van der Waals surface area (Å²) in [7, 11) is 1.65. The minimum Gasteiger partial charge on any atom is -0.383 e. The number of nitrogens with two attached hydrogens (primary N) is 1. The van der Waals surface area contributed by atoms with Crippen molar-refractivity contribution in [2.24, 2.45) is 5.73 Å². The molecule has 3 heteroatoms. The van der Waals surface area contributed by atoms with E-state index in [1.807, 2.05) is 30.6 Å². The average Bonchev–Trinajstić information content (AvgIpc) is 2.28. The van der Waals surface area contributed by atoms with Crippen molar-refractivity contribution in [3.05, 3.63) is 42.2 Å². The van der Waals surface area contributed by atoms with Gasteiger partial charge in [0, 0.05) is 24.9 Å². The molecule has 0 aliphatic rings. The summed E-state index contributed by atoms with van der Waals surface area (Å²) in [5.74, 6) is 0. The van der Waals surface area contributed by atoms with E-state index in [-0.39, 0.29) is 6.04 Å². The van der Waals surface area contributed by atoms with Crippen LogP contribution in [-0.2, 0) is 4.74 Å². The van der Waals surface area contributed by atoms with Crippen LogP contribution in [0.4, 0.5) is 0 Å². The second-order valence-corrected chi connectivity index (χ2v) is 3.51. The van der Waals surface area contributed by atoms with E-state index in [1.54, 1.807) is 7.11 Å². The Balaban J connectivity index is 2.50. The molecule has 0 saturated heterocycles. The van der Waals surface area contributed by atoms with Gasteiger partial charge >= 0.3 is 0 Å². The number of nitrogens with zero attached hydrogens (tertiary/aromatic N) is 1. The molecule has 78 valence electrons. The van der Waals surface area contributed by atoms with Crippen molar-refractivity contribution < 1.29 is 4.74 Å². The number of hydrogen-bond acceptors (Lipinski definition) is 3. The molecule has 1 unspecified atom stereocenters. The van der Waals surface area contributed by atoms with Crippen LogP contribution in [0.15, 0.2) is 36.7 Å². The molecule has 1 aromatic heterocycles. The topological polar surface area (TPSA) is 48.1 Å². The fourth-order valence-electron chi connectivity index (χ4n) is 1.70. The lowest BCUT2D eigenvalue weighted by atomic mass is 10.0. The molecule has 3 nitrogen and oxygen atoms in total. The molecule has 2 aromatic rings. The molecule has 0 spiro atoms. The van der Waals surface area contributed by atoms with Gasteiger partial charge in [-0.3, -0.25) is 4.98 Å². The highest BCUT2D eigenvalue weighted by Crippen LogP contribution is 2.21. The summed E-state index contributed by atoms with van der Waals surface area (Å²) >= 11 is 0. The molecule has 0 amide bonds. The first kappa shape index (κ1) is 10.1. The van der Waals surface area contributed by atoms with Gasteiger partial charge < -0.3 is 10.5 Å². The highest BCUT2D eigenvalue weighted by Gasteiger charge is 2.09. The second kappa shape index (κ2) is 4.38. The van der Waals surface area contributed by atoms with Gasteiger partial charge in [-0.15, -0.1) is 0 Å². The van der Waals surface area contributed by atoms with Gasteiger partial charge in [-0.2, -0.15) is 0 Å². The molecular formula is C12H14N2O. The Morgan fingerprint density at radius 1 is 1.33 bits per heavy atom. The molecule has 15 heavy (non-hydrogen) atoms. The van der Waals surface area contributed by atoms with E-state index in [0.717, 1.165) is 16.3 Å². The summed E-state index contributed by atoms with van der Waals surface area (Å²) in [5, 5.41) is 2.26. The van der Waals surface area contributed by atoms with Crippen LogP contribution in [0, 0.1) is 0 Å². The molecule has 2 rings (SSSR count). The van der Waals surface area contributed by atoms with Crippen molar-refractivity contribution in [1.29, 1.82) is 0 Å². The molecule has 0 aliphatic heterocycles. The van der Waals surface area contributed by atoms with Crippen LogP contribution in [0.25, 0.3) is 10.8 Å². The maximum Gasteiger partial charge on any atom is 0.0656 e. The number of aromatic nitrogens is 1. The Hall–Kier alpha value is -1.45. The van der Waals surface area contributed by atoms with E-state index in [9.17, 15) is 0 Å². The normalized spacial score (nSPS) is 12.9. The van der Waals surface area contributed by atoms with Crippen LogP contribution in [0.2, 0.25) is 0 Å². The highest BCUT2D eigenvalue weighted by molar-refractivity contribution is 5.85. The van der Waals surface area contributed by atoms with Gasteiger partial charge in [0.1, 0.15) is 0 Å². The number of hydrogen-bond donors (Lipinski definition) is 1. The number of pyridine rings is 1. The van der Waals surface area contributed by atoms with Crippen LogP contribution in [0.1, 0.15) is 11.6 Å². The predicted molar refractivity (Wildman–Crippen MR) is 60.5 cm³/mol. The molecule has 0 fully saturated rings. The minimum absolute atomic E-state index is 0.117. The maximum atomic E-state index is 6.01. The van der Waals surface area contributed by atoms with Crippen molar-refractivity contribution in [2.45, 2.75) is 6.04 Å². The standard InChI is InChI=1S/C12H14N2O/c1-15-8-12(13)11-7-14-6-9-4-2-3-5-10(9)11/h2-7,12H,8,13H2,1H3. The van der Waals surface area contributed by atoms with Crippen LogP contribution in [0.5, 0.6) is 0 Å². The third kappa shape index (κ3) is 1.98. The van der Waals surface area contributed by atoms with E-state index in [4.69, 9.17) is 10.5 Å². The molecule has 0 bridgehead atoms. The molecule has 0 saturated carbocycles. The molecule has 2 N–H and O–H groups in total. The van der Waals surface area contributed by atoms with Crippen molar-refractivity contribution in [2.75, 3.05) is 13.7 Å². The van der Waals surface area contributed by atoms with E-state index in [1.165, 1.54) is 0 Å². The van der Waals surface area contributed by atoms with E-state index >= 15 is 0 Å². The third-order valence-electron chi connectivity index (χ3n) is 2.44. The zero-order valence-corrected chi connectivity index (χ0v) is 8.68. The van der Waals surface area contributed by atoms with Gasteiger partial charge in [0.15, 0.2) is 0 Å². The second-order valence-electron chi connectivity index (χ2n) is 3.51. The first-order chi connectivity index (χ1) is 7.33. The molecule has 0 aliphatic carbocycles. The highest BCUT2D eigenvalue weighted by atomic mass is 16.5. The largest absolute Gasteiger partial charge is 0.383 e. The number of ether oxygens (including phenoxy) is 1. The quantitative estimate of drug-likeness (QED) is 0.826. The third-order valence-corrected chi connectivity index (χ3v) is 2.44. The van der Waals surface area contributed by atoms with Gasteiger partial charge in [-0.25, -0.2) is 0 Å². The Labute approximate surface area is 88.9 Å². The lowest BCUT2D eigenvalue weighted by molar-refractivity contribution is 0.181. The monoisotopic (exact) mass is 202 g/mol. The van der Waals surface area contributed by atoms with Crippen molar-refractivity contribution in [1.82, 2.24) is 4.98 Å². The van der Waals surface area contributed by atoms with Crippen molar-refractivity contribution in [3.63, 3.8) is 0 Å². The lowest BCUT2D eigenvalue weighted by Gasteiger charge is -2.12. The Kier molecular flexibility index (Phi) is 2.94. The number of methoxy groups -OCH3 is 1. The Morgan fingerprint density at radius 2 is 2.13 bits per heavy atom. The van der Waals surface area contributed by atoms with Gasteiger partial charge in [0.25, 0.3) is 0 Å². The predicted octanol–water partition coefficient (Wildman–Crippen LogP) is 1.88. The summed E-state index contributed by atoms with van der Waals surface area (Å²) in [4.78, 5) is 4.18. The fourth-order valence-corrected chi connectivity index (χ4v) is 1.70. The van der Waals surface area contributed by atoms with Gasteiger partial charge in [-0.05, 0) is 10.9 Å². The van der Waals surface area contributed by atoms with Crippen LogP contribution >= 0.6 is 0 Å². The zero-order valence-electron chi connectivity index (χ0n) is 8.68. The minimum atomic E-state index is -0.117. The fraction of sp³-hybridized carbons (Fsp3) is 0.250. The Bertz CT molecular complexity index is 451. The number of fused-ring (bicyclic) bond motifs is 1. The number of benzene rings is 1. The Morgan fingerprint density at radius 3 is 2.93 bits per heavy atom. The average molecular weight is 202 g/mol. The molecule has 0 radical (unpaired) electrons. The summed E-state index contributed by atoms with van der Waals surface area (Å²) in [5.41, 5.74) is 7.04. The SMILES string of the molecule is COCC(N)c1cncc2ccccc12. The molecule has 1 heterocycles. The van der Waals surface area contributed by atoms with Gasteiger partial charge in [0.05, 0.1) is 12.6 Å². The number of rotatable bonds is 3. The van der Waals surface area contributed by atoms with Gasteiger partial charge in [-0.1, -0.05) is 24.3 Å². The van der Waals surface area contributed by atoms with Crippen molar-refractivity contribution >= 4 is 10.8 Å². The van der Waals surface area contributed by atoms with Crippen LogP contribution < -0.4 is 5.73 Å². The van der Waals surface area contributed by atoms with E-state index < -0.39 is 0 Å². The van der Waals surface area contributed by atoms with E-state index in [0.29, 0.717) is 6.61 Å². The molecule has 1 aromatic carbocycles. The lowest BCUT2D eigenvalue weighted by Crippen LogP contribution is -2.16. The van der Waals surface area contributed by atoms with Crippen LogP contribution in [0.3, 0.4) is 0 Å². The van der Waals surface area contributed by atoms with Gasteiger partial charge in [0.2, 0.25) is 0 Å². The summed E-state index contributed by atoms with van der Waals surface area (Å²) in [6, 6.07) is 7.97. The summed E-state index contributed by atoms with van der Waals surface area (Å²) in [6.07, 6.45) is 3.66. The molecule has 1 atom stereocenters. The first-order valence-corrected chi connectivity index (χ1v) is 4.90. The van der Waals surface area contributed by atoms with E-state index in [2.05, 4.69) is 11.1 Å².